The lowest BCUT2D eigenvalue weighted by Gasteiger charge is -2.39. The third-order valence-electron chi connectivity index (χ3n) is 6.47. The van der Waals surface area contributed by atoms with Gasteiger partial charge in [0.05, 0.1) is 11.3 Å². The SMILES string of the molecule is CN=C[C@H]1CC(NC(C)(C)C2CC2)CCC1N/C=C(/C(N)=O)C(N)=Nc1ccc(Cl)cc1. The van der Waals surface area contributed by atoms with E-state index >= 15 is 0 Å². The van der Waals surface area contributed by atoms with E-state index < -0.39 is 5.91 Å². The number of amidine groups is 1. The lowest BCUT2D eigenvalue weighted by Crippen LogP contribution is -2.52. The molecule has 2 saturated carbocycles. The van der Waals surface area contributed by atoms with Gasteiger partial charge in [0.1, 0.15) is 5.84 Å². The molecule has 0 saturated heterocycles. The Bertz CT molecular complexity index is 888. The van der Waals surface area contributed by atoms with Gasteiger partial charge in [-0.1, -0.05) is 11.6 Å². The van der Waals surface area contributed by atoms with E-state index in [0.717, 1.165) is 25.2 Å². The van der Waals surface area contributed by atoms with Crippen LogP contribution in [0.1, 0.15) is 46.0 Å². The van der Waals surface area contributed by atoms with Crippen LogP contribution < -0.4 is 22.1 Å². The number of nitrogens with zero attached hydrogens (tertiary/aromatic N) is 2. The normalized spacial score (nSPS) is 25.2. The van der Waals surface area contributed by atoms with Crippen molar-refractivity contribution in [2.24, 2.45) is 33.3 Å². The maximum atomic E-state index is 12.0. The van der Waals surface area contributed by atoms with Crippen LogP contribution in [-0.4, -0.2) is 42.6 Å². The molecule has 3 atom stereocenters. The van der Waals surface area contributed by atoms with Gasteiger partial charge >= 0.3 is 0 Å². The van der Waals surface area contributed by atoms with Gasteiger partial charge in [-0.25, -0.2) is 4.99 Å². The number of nitrogens with two attached hydrogens (primary N) is 2. The van der Waals surface area contributed by atoms with Crippen molar-refractivity contribution in [2.75, 3.05) is 7.05 Å². The van der Waals surface area contributed by atoms with Gasteiger partial charge in [-0.15, -0.1) is 0 Å². The first-order valence-electron chi connectivity index (χ1n) is 11.3. The Balaban J connectivity index is 1.68. The molecule has 0 bridgehead atoms. The molecule has 174 valence electrons. The van der Waals surface area contributed by atoms with Crippen molar-refractivity contribution in [1.82, 2.24) is 10.6 Å². The molecule has 0 heterocycles. The summed E-state index contributed by atoms with van der Waals surface area (Å²) >= 11 is 5.91. The molecule has 0 radical (unpaired) electrons. The molecule has 0 spiro atoms. The van der Waals surface area contributed by atoms with Crippen molar-refractivity contribution in [3.8, 4) is 0 Å². The number of amides is 1. The molecule has 2 unspecified atom stereocenters. The second kappa shape index (κ2) is 10.5. The fraction of sp³-hybridized carbons (Fsp3) is 0.542. The molecule has 1 amide bonds. The van der Waals surface area contributed by atoms with Crippen LogP contribution in [0.5, 0.6) is 0 Å². The summed E-state index contributed by atoms with van der Waals surface area (Å²) in [7, 11) is 1.80. The van der Waals surface area contributed by atoms with Crippen LogP contribution in [0, 0.1) is 11.8 Å². The summed E-state index contributed by atoms with van der Waals surface area (Å²) in [6.45, 7) is 4.62. The second-order valence-electron chi connectivity index (χ2n) is 9.39. The highest BCUT2D eigenvalue weighted by Gasteiger charge is 2.40. The fourth-order valence-electron chi connectivity index (χ4n) is 4.53. The van der Waals surface area contributed by atoms with Crippen molar-refractivity contribution < 1.29 is 4.79 Å². The number of rotatable bonds is 9. The number of halogens is 1. The van der Waals surface area contributed by atoms with Crippen LogP contribution in [0.3, 0.4) is 0 Å². The second-order valence-corrected chi connectivity index (χ2v) is 9.83. The molecular weight excluding hydrogens is 424 g/mol. The highest BCUT2D eigenvalue weighted by Crippen LogP contribution is 2.40. The Morgan fingerprint density at radius 3 is 2.44 bits per heavy atom. The first-order valence-corrected chi connectivity index (χ1v) is 11.6. The van der Waals surface area contributed by atoms with Crippen LogP contribution in [-0.2, 0) is 4.79 Å². The lowest BCUT2D eigenvalue weighted by atomic mass is 9.80. The predicted molar refractivity (Wildman–Crippen MR) is 132 cm³/mol. The van der Waals surface area contributed by atoms with Crippen molar-refractivity contribution in [3.05, 3.63) is 41.1 Å². The van der Waals surface area contributed by atoms with Crippen LogP contribution in [0.25, 0.3) is 0 Å². The maximum absolute atomic E-state index is 12.0. The average molecular weight is 459 g/mol. The van der Waals surface area contributed by atoms with Gasteiger partial charge in [-0.3, -0.25) is 4.79 Å². The van der Waals surface area contributed by atoms with E-state index in [9.17, 15) is 4.79 Å². The highest BCUT2D eigenvalue weighted by molar-refractivity contribution is 6.30. The van der Waals surface area contributed by atoms with E-state index in [4.69, 9.17) is 23.1 Å². The first kappa shape index (κ1) is 24.3. The number of hydrogen-bond acceptors (Lipinski definition) is 5. The minimum atomic E-state index is -0.630. The Morgan fingerprint density at radius 2 is 1.84 bits per heavy atom. The highest BCUT2D eigenvalue weighted by atomic mass is 35.5. The molecule has 7 nitrogen and oxygen atoms in total. The molecule has 0 aliphatic heterocycles. The number of carbonyl (C=O) groups excluding carboxylic acids is 1. The molecule has 32 heavy (non-hydrogen) atoms. The van der Waals surface area contributed by atoms with Crippen molar-refractivity contribution in [2.45, 2.75) is 63.6 Å². The summed E-state index contributed by atoms with van der Waals surface area (Å²) in [5.41, 5.74) is 12.6. The van der Waals surface area contributed by atoms with Crippen molar-refractivity contribution in [1.29, 1.82) is 0 Å². The minimum absolute atomic E-state index is 0.0644. The number of nitrogens with one attached hydrogen (secondary N) is 2. The van der Waals surface area contributed by atoms with Crippen molar-refractivity contribution in [3.63, 3.8) is 0 Å². The number of hydrogen-bond donors (Lipinski definition) is 4. The molecule has 1 aromatic carbocycles. The van der Waals surface area contributed by atoms with Gasteiger partial charge in [0, 0.05) is 48.0 Å². The first-order chi connectivity index (χ1) is 15.2. The lowest BCUT2D eigenvalue weighted by molar-refractivity contribution is -0.114. The van der Waals surface area contributed by atoms with E-state index in [1.54, 1.807) is 37.5 Å². The zero-order chi connectivity index (χ0) is 23.3. The monoisotopic (exact) mass is 458 g/mol. The van der Waals surface area contributed by atoms with E-state index in [2.05, 4.69) is 34.5 Å². The van der Waals surface area contributed by atoms with Crippen LogP contribution in [0.15, 0.2) is 46.0 Å². The third kappa shape index (κ3) is 6.56. The molecule has 8 heteroatoms. The summed E-state index contributed by atoms with van der Waals surface area (Å²) in [5.74, 6) is 0.450. The van der Waals surface area contributed by atoms with Gasteiger partial charge < -0.3 is 27.1 Å². The minimum Gasteiger partial charge on any atom is -0.387 e. The molecule has 2 aliphatic rings. The van der Waals surface area contributed by atoms with Crippen molar-refractivity contribution >= 4 is 35.2 Å². The molecule has 2 fully saturated rings. The summed E-state index contributed by atoms with van der Waals surface area (Å²) in [5, 5.41) is 7.84. The molecule has 6 N–H and O–H groups in total. The number of carbonyl (C=O) groups is 1. The van der Waals surface area contributed by atoms with Gasteiger partial charge in [-0.2, -0.15) is 0 Å². The van der Waals surface area contributed by atoms with Crippen LogP contribution in [0.2, 0.25) is 5.02 Å². The summed E-state index contributed by atoms with van der Waals surface area (Å²) < 4.78 is 0. The Hall–Kier alpha value is -2.38. The third-order valence-corrected chi connectivity index (χ3v) is 6.73. The fourth-order valence-corrected chi connectivity index (χ4v) is 4.65. The molecule has 3 rings (SSSR count). The van der Waals surface area contributed by atoms with Gasteiger partial charge in [0.2, 0.25) is 0 Å². The molecule has 1 aromatic rings. The van der Waals surface area contributed by atoms with E-state index in [1.807, 2.05) is 6.21 Å². The zero-order valence-electron chi connectivity index (χ0n) is 19.1. The predicted octanol–water partition coefficient (Wildman–Crippen LogP) is 3.30. The Morgan fingerprint density at radius 1 is 1.16 bits per heavy atom. The van der Waals surface area contributed by atoms with Gasteiger partial charge in [0.15, 0.2) is 0 Å². The standard InChI is InChI=1S/C24H35ClN6O/c1-24(2,16-4-5-16)31-19-10-11-21(15(12-19)13-28-3)29-14-20(23(27)32)22(26)30-18-8-6-17(25)7-9-18/h6-9,13-16,19,21,29,31H,4-5,10-12H2,1-3H3,(H2,26,30)(H2,27,32)/b20-14+,28-13?/t15-,19?,21?/m1/s1. The summed E-state index contributed by atoms with van der Waals surface area (Å²) in [6, 6.07) is 7.47. The van der Waals surface area contributed by atoms with Gasteiger partial charge in [-0.05, 0) is 76.1 Å². The largest absolute Gasteiger partial charge is 0.387 e. The smallest absolute Gasteiger partial charge is 0.253 e. The van der Waals surface area contributed by atoms with Gasteiger partial charge in [0.25, 0.3) is 5.91 Å². The topological polar surface area (TPSA) is 118 Å². The average Bonchev–Trinajstić information content (AvgIpc) is 3.57. The molecule has 2 aliphatic carbocycles. The van der Waals surface area contributed by atoms with E-state index in [0.29, 0.717) is 16.8 Å². The Kier molecular flexibility index (Phi) is 7.96. The molecular formula is C24H35ClN6O. The van der Waals surface area contributed by atoms with E-state index in [-0.39, 0.29) is 28.9 Å². The number of aliphatic imine (C=N–C) groups is 2. The van der Waals surface area contributed by atoms with Crippen LogP contribution in [0.4, 0.5) is 5.69 Å². The zero-order valence-corrected chi connectivity index (χ0v) is 19.9. The molecule has 0 aromatic heterocycles. The summed E-state index contributed by atoms with van der Waals surface area (Å²) in [6.07, 6.45) is 9.21. The number of primary amides is 1. The summed E-state index contributed by atoms with van der Waals surface area (Å²) in [4.78, 5) is 20.6. The van der Waals surface area contributed by atoms with Crippen LogP contribution >= 0.6 is 11.6 Å². The Labute approximate surface area is 195 Å². The maximum Gasteiger partial charge on any atom is 0.253 e. The van der Waals surface area contributed by atoms with E-state index in [1.165, 1.54) is 12.8 Å². The quantitative estimate of drug-likeness (QED) is 0.258. The number of benzene rings is 1.